The Hall–Kier alpha value is -2.01. The molecule has 0 radical (unpaired) electrons. The van der Waals surface area contributed by atoms with Crippen molar-refractivity contribution < 1.29 is 19.0 Å². The predicted octanol–water partition coefficient (Wildman–Crippen LogP) is 4.36. The van der Waals surface area contributed by atoms with Crippen LogP contribution in [0.3, 0.4) is 0 Å². The van der Waals surface area contributed by atoms with Crippen LogP contribution in [0.4, 0.5) is 5.82 Å². The number of hydrogen-bond donors (Lipinski definition) is 0. The summed E-state index contributed by atoms with van der Waals surface area (Å²) in [6.07, 6.45) is 3.64. The molecule has 0 saturated carbocycles. The van der Waals surface area contributed by atoms with Crippen molar-refractivity contribution in [2.45, 2.75) is 57.3 Å². The van der Waals surface area contributed by atoms with Crippen molar-refractivity contribution >= 4 is 55.3 Å². The summed E-state index contributed by atoms with van der Waals surface area (Å²) >= 11 is 3.33. The number of anilines is 1. The summed E-state index contributed by atoms with van der Waals surface area (Å²) in [5.41, 5.74) is 3.20. The number of carbonyl (C=O) groups excluding carboxylic acids is 1. The molecule has 1 saturated heterocycles. The average molecular weight is 503 g/mol. The normalized spacial score (nSPS) is 17.8. The van der Waals surface area contributed by atoms with Crippen molar-refractivity contribution in [2.24, 2.45) is 0 Å². The van der Waals surface area contributed by atoms with Gasteiger partial charge in [-0.25, -0.2) is 15.0 Å². The summed E-state index contributed by atoms with van der Waals surface area (Å²) in [7, 11) is 0. The van der Waals surface area contributed by atoms with Crippen molar-refractivity contribution in [2.75, 3.05) is 43.6 Å². The Morgan fingerprint density at radius 3 is 2.88 bits per heavy atom. The third-order valence-corrected chi connectivity index (χ3v) is 8.44. The molecule has 0 unspecified atom stereocenters. The summed E-state index contributed by atoms with van der Waals surface area (Å²) < 4.78 is 17.9. The molecule has 0 N–H and O–H groups in total. The highest BCUT2D eigenvalue weighted by Gasteiger charge is 2.33. The molecule has 34 heavy (non-hydrogen) atoms. The fraction of sp³-hybridized carbons (Fsp3) is 0.583. The summed E-state index contributed by atoms with van der Waals surface area (Å²) in [5, 5.41) is 2.09. The number of esters is 1. The quantitative estimate of drug-likeness (QED) is 0.202. The smallest absolute Gasteiger partial charge is 0.305 e. The van der Waals surface area contributed by atoms with Gasteiger partial charge in [0.1, 0.15) is 22.0 Å². The largest absolute Gasteiger partial charge is 0.466 e. The Labute approximate surface area is 207 Å². The first-order valence-corrected chi connectivity index (χ1v) is 13.6. The van der Waals surface area contributed by atoms with Crippen LogP contribution >= 0.6 is 23.1 Å². The Morgan fingerprint density at radius 2 is 2.09 bits per heavy atom. The Bertz CT molecular complexity index is 1210. The number of thiophene rings is 1. The third kappa shape index (κ3) is 4.73. The minimum Gasteiger partial charge on any atom is -0.466 e. The van der Waals surface area contributed by atoms with Gasteiger partial charge in [-0.1, -0.05) is 0 Å². The van der Waals surface area contributed by atoms with Gasteiger partial charge in [0.05, 0.1) is 42.2 Å². The van der Waals surface area contributed by atoms with Crippen LogP contribution in [0.2, 0.25) is 0 Å². The lowest BCUT2D eigenvalue weighted by atomic mass is 9.90. The van der Waals surface area contributed by atoms with E-state index in [4.69, 9.17) is 24.2 Å². The molecule has 0 spiro atoms. The molecule has 2 aliphatic rings. The number of fused-ring (bicyclic) bond motifs is 5. The summed E-state index contributed by atoms with van der Waals surface area (Å²) in [6.45, 7) is 10.2. The molecular formula is C24H30N4O4S2. The van der Waals surface area contributed by atoms with Crippen LogP contribution in [0.15, 0.2) is 11.4 Å². The summed E-state index contributed by atoms with van der Waals surface area (Å²) in [4.78, 5) is 29.4. The van der Waals surface area contributed by atoms with E-state index in [0.29, 0.717) is 32.8 Å². The zero-order chi connectivity index (χ0) is 23.7. The highest BCUT2D eigenvalue weighted by atomic mass is 32.2. The van der Waals surface area contributed by atoms with Crippen molar-refractivity contribution in [1.82, 2.24) is 15.0 Å². The predicted molar refractivity (Wildman–Crippen MR) is 135 cm³/mol. The fourth-order valence-corrected chi connectivity index (χ4v) is 6.70. The number of morpholine rings is 1. The zero-order valence-corrected chi connectivity index (χ0v) is 21.5. The van der Waals surface area contributed by atoms with E-state index in [1.807, 2.05) is 6.92 Å². The van der Waals surface area contributed by atoms with Crippen LogP contribution in [0, 0.1) is 0 Å². The standard InChI is InChI=1S/C24H30N4O4S2/c1-4-31-17(29)6-5-11-33-23-20-19(25-14-26-23)18-15-12-24(2,3)32-13-16(15)21(27-22(18)34-20)28-7-9-30-10-8-28/h14H,4-13H2,1-3H3. The first-order valence-electron chi connectivity index (χ1n) is 11.8. The number of ether oxygens (including phenoxy) is 3. The molecule has 3 aromatic rings. The molecule has 5 rings (SSSR count). The lowest BCUT2D eigenvalue weighted by molar-refractivity contribution is -0.143. The van der Waals surface area contributed by atoms with Gasteiger partial charge in [0.2, 0.25) is 0 Å². The maximum atomic E-state index is 11.7. The molecule has 8 nitrogen and oxygen atoms in total. The molecule has 0 aliphatic carbocycles. The minimum atomic E-state index is -0.241. The van der Waals surface area contributed by atoms with Crippen molar-refractivity contribution in [1.29, 1.82) is 0 Å². The van der Waals surface area contributed by atoms with E-state index in [-0.39, 0.29) is 11.6 Å². The Kier molecular flexibility index (Phi) is 6.92. The van der Waals surface area contributed by atoms with Crippen molar-refractivity contribution in [3.05, 3.63) is 17.5 Å². The number of rotatable bonds is 7. The number of hydrogen-bond acceptors (Lipinski definition) is 10. The molecular weight excluding hydrogens is 472 g/mol. The van der Waals surface area contributed by atoms with Crippen LogP contribution in [-0.2, 0) is 32.0 Å². The van der Waals surface area contributed by atoms with Gasteiger partial charge in [-0.3, -0.25) is 4.79 Å². The van der Waals surface area contributed by atoms with Gasteiger partial charge in [0.25, 0.3) is 0 Å². The minimum absolute atomic E-state index is 0.144. The lowest BCUT2D eigenvalue weighted by Gasteiger charge is -2.36. The highest BCUT2D eigenvalue weighted by Crippen LogP contribution is 2.44. The first kappa shape index (κ1) is 23.7. The van der Waals surface area contributed by atoms with Crippen LogP contribution in [-0.4, -0.2) is 65.2 Å². The Morgan fingerprint density at radius 1 is 1.26 bits per heavy atom. The second-order valence-corrected chi connectivity index (χ2v) is 11.2. The lowest BCUT2D eigenvalue weighted by Crippen LogP contribution is -2.39. The molecule has 0 atom stereocenters. The highest BCUT2D eigenvalue weighted by molar-refractivity contribution is 7.99. The molecule has 10 heteroatoms. The van der Waals surface area contributed by atoms with E-state index in [1.54, 1.807) is 29.4 Å². The molecule has 0 amide bonds. The maximum absolute atomic E-state index is 11.7. The van der Waals surface area contributed by atoms with Crippen LogP contribution in [0.5, 0.6) is 0 Å². The van der Waals surface area contributed by atoms with E-state index < -0.39 is 0 Å². The SMILES string of the molecule is CCOC(=O)CCCSc1ncnc2c1sc1nc(N3CCOCC3)c3c(c12)CC(C)(C)OC3. The first-order chi connectivity index (χ1) is 16.5. The number of aromatic nitrogens is 3. The zero-order valence-electron chi connectivity index (χ0n) is 19.9. The third-order valence-electron chi connectivity index (χ3n) is 6.15. The monoisotopic (exact) mass is 502 g/mol. The van der Waals surface area contributed by atoms with Gasteiger partial charge < -0.3 is 19.1 Å². The number of nitrogens with zero attached hydrogens (tertiary/aromatic N) is 4. The molecule has 2 aliphatic heterocycles. The average Bonchev–Trinajstić information content (AvgIpc) is 3.21. The van der Waals surface area contributed by atoms with Crippen molar-refractivity contribution in [3.8, 4) is 0 Å². The van der Waals surface area contributed by atoms with Gasteiger partial charge in [-0.05, 0) is 32.8 Å². The Balaban J connectivity index is 1.53. The van der Waals surface area contributed by atoms with E-state index in [0.717, 1.165) is 63.0 Å². The summed E-state index contributed by atoms with van der Waals surface area (Å²) in [6, 6.07) is 0. The van der Waals surface area contributed by atoms with Gasteiger partial charge in [-0.2, -0.15) is 0 Å². The van der Waals surface area contributed by atoms with E-state index >= 15 is 0 Å². The van der Waals surface area contributed by atoms with Gasteiger partial charge in [-0.15, -0.1) is 23.1 Å². The molecule has 0 bridgehead atoms. The molecule has 1 fully saturated rings. The summed E-state index contributed by atoms with van der Waals surface area (Å²) in [5.74, 6) is 1.67. The number of carbonyl (C=O) groups is 1. The molecule has 182 valence electrons. The second-order valence-electron chi connectivity index (χ2n) is 9.11. The second kappa shape index (κ2) is 9.93. The van der Waals surface area contributed by atoms with Crippen LogP contribution < -0.4 is 4.90 Å². The topological polar surface area (TPSA) is 86.7 Å². The maximum Gasteiger partial charge on any atom is 0.305 e. The van der Waals surface area contributed by atoms with E-state index in [1.165, 1.54) is 11.1 Å². The van der Waals surface area contributed by atoms with Crippen LogP contribution in [0.25, 0.3) is 20.4 Å². The van der Waals surface area contributed by atoms with E-state index in [9.17, 15) is 4.79 Å². The fourth-order valence-electron chi connectivity index (χ4n) is 4.53. The molecule has 5 heterocycles. The van der Waals surface area contributed by atoms with Crippen molar-refractivity contribution in [3.63, 3.8) is 0 Å². The van der Waals surface area contributed by atoms with Gasteiger partial charge in [0.15, 0.2) is 0 Å². The van der Waals surface area contributed by atoms with Gasteiger partial charge >= 0.3 is 5.97 Å². The molecule has 3 aromatic heterocycles. The van der Waals surface area contributed by atoms with Gasteiger partial charge in [0, 0.05) is 42.6 Å². The molecule has 0 aromatic carbocycles. The van der Waals surface area contributed by atoms with E-state index in [2.05, 4.69) is 23.7 Å². The number of thioether (sulfide) groups is 1. The number of pyridine rings is 1. The van der Waals surface area contributed by atoms with Crippen LogP contribution in [0.1, 0.15) is 44.7 Å².